The molecule has 1 heterocycles. The van der Waals surface area contributed by atoms with E-state index in [1.165, 1.54) is 5.56 Å². The highest BCUT2D eigenvalue weighted by atomic mass is 16.2. The van der Waals surface area contributed by atoms with Gasteiger partial charge in [-0.25, -0.2) is 4.68 Å². The molecule has 124 valence electrons. The molecular formula is C19H27N3O. The SMILES string of the molecule is CCCCN(C)C(=O)CCc1ccc(-n2nc(C)cc2C)cc1. The van der Waals surface area contributed by atoms with Gasteiger partial charge in [-0.05, 0) is 50.5 Å². The van der Waals surface area contributed by atoms with Crippen LogP contribution in [0.5, 0.6) is 0 Å². The van der Waals surface area contributed by atoms with E-state index in [0.29, 0.717) is 6.42 Å². The van der Waals surface area contributed by atoms with Crippen LogP contribution in [0.4, 0.5) is 0 Å². The molecule has 2 aromatic rings. The minimum Gasteiger partial charge on any atom is -0.346 e. The molecule has 23 heavy (non-hydrogen) atoms. The number of rotatable bonds is 7. The number of carbonyl (C=O) groups is 1. The number of hydrogen-bond acceptors (Lipinski definition) is 2. The Kier molecular flexibility index (Phi) is 5.97. The smallest absolute Gasteiger partial charge is 0.222 e. The van der Waals surface area contributed by atoms with Crippen molar-refractivity contribution in [1.82, 2.24) is 14.7 Å². The van der Waals surface area contributed by atoms with E-state index < -0.39 is 0 Å². The molecule has 0 saturated heterocycles. The summed E-state index contributed by atoms with van der Waals surface area (Å²) in [6.45, 7) is 7.05. The summed E-state index contributed by atoms with van der Waals surface area (Å²) in [5, 5.41) is 4.49. The van der Waals surface area contributed by atoms with Crippen molar-refractivity contribution in [3.63, 3.8) is 0 Å². The molecule has 4 heteroatoms. The minimum atomic E-state index is 0.223. The van der Waals surface area contributed by atoms with E-state index in [-0.39, 0.29) is 5.91 Å². The maximum atomic E-state index is 12.1. The van der Waals surface area contributed by atoms with E-state index in [0.717, 1.165) is 42.9 Å². The minimum absolute atomic E-state index is 0.223. The van der Waals surface area contributed by atoms with Gasteiger partial charge in [-0.3, -0.25) is 4.79 Å². The quantitative estimate of drug-likeness (QED) is 0.782. The summed E-state index contributed by atoms with van der Waals surface area (Å²) in [5.41, 5.74) is 4.40. The summed E-state index contributed by atoms with van der Waals surface area (Å²) >= 11 is 0. The second kappa shape index (κ2) is 7.95. The molecule has 1 amide bonds. The third-order valence-electron chi connectivity index (χ3n) is 4.09. The molecule has 1 aromatic carbocycles. The maximum absolute atomic E-state index is 12.1. The highest BCUT2D eigenvalue weighted by Crippen LogP contribution is 2.14. The van der Waals surface area contributed by atoms with Crippen LogP contribution in [0.2, 0.25) is 0 Å². The Labute approximate surface area is 139 Å². The van der Waals surface area contributed by atoms with Crippen LogP contribution in [0.25, 0.3) is 5.69 Å². The largest absolute Gasteiger partial charge is 0.346 e. The Morgan fingerprint density at radius 1 is 1.22 bits per heavy atom. The van der Waals surface area contributed by atoms with Crippen LogP contribution >= 0.6 is 0 Å². The molecule has 1 aromatic heterocycles. The van der Waals surface area contributed by atoms with E-state index in [9.17, 15) is 4.79 Å². The predicted molar refractivity (Wildman–Crippen MR) is 93.9 cm³/mol. The summed E-state index contributed by atoms with van der Waals surface area (Å²) in [6.07, 6.45) is 3.54. The first-order chi connectivity index (χ1) is 11.0. The lowest BCUT2D eigenvalue weighted by Gasteiger charge is -2.16. The number of unbranched alkanes of at least 4 members (excludes halogenated alkanes) is 1. The van der Waals surface area contributed by atoms with Crippen molar-refractivity contribution in [3.8, 4) is 5.69 Å². The molecule has 0 radical (unpaired) electrons. The summed E-state index contributed by atoms with van der Waals surface area (Å²) in [7, 11) is 1.89. The third-order valence-corrected chi connectivity index (χ3v) is 4.09. The summed E-state index contributed by atoms with van der Waals surface area (Å²) in [6, 6.07) is 10.4. The van der Waals surface area contributed by atoms with Crippen molar-refractivity contribution >= 4 is 5.91 Å². The molecule has 0 bridgehead atoms. The fourth-order valence-corrected chi connectivity index (χ4v) is 2.66. The van der Waals surface area contributed by atoms with Gasteiger partial charge in [0.1, 0.15) is 0 Å². The Bertz CT molecular complexity index is 643. The number of benzene rings is 1. The lowest BCUT2D eigenvalue weighted by atomic mass is 10.1. The summed E-state index contributed by atoms with van der Waals surface area (Å²) < 4.78 is 1.95. The molecule has 0 aliphatic carbocycles. The van der Waals surface area contributed by atoms with Gasteiger partial charge < -0.3 is 4.90 Å². The second-order valence-electron chi connectivity index (χ2n) is 6.17. The van der Waals surface area contributed by atoms with Crippen molar-refractivity contribution < 1.29 is 4.79 Å². The van der Waals surface area contributed by atoms with Gasteiger partial charge in [0.05, 0.1) is 11.4 Å². The van der Waals surface area contributed by atoms with Crippen LogP contribution < -0.4 is 0 Å². The molecule has 0 aliphatic heterocycles. The predicted octanol–water partition coefficient (Wildman–Crippen LogP) is 3.68. The van der Waals surface area contributed by atoms with E-state index in [1.54, 1.807) is 0 Å². The molecule has 0 spiro atoms. The van der Waals surface area contributed by atoms with Gasteiger partial charge in [-0.1, -0.05) is 25.5 Å². The van der Waals surface area contributed by atoms with E-state index >= 15 is 0 Å². The first-order valence-corrected chi connectivity index (χ1v) is 8.37. The summed E-state index contributed by atoms with van der Waals surface area (Å²) in [5.74, 6) is 0.223. The van der Waals surface area contributed by atoms with E-state index in [2.05, 4.69) is 49.3 Å². The molecule has 4 nitrogen and oxygen atoms in total. The average molecular weight is 313 g/mol. The zero-order valence-electron chi connectivity index (χ0n) is 14.7. The monoisotopic (exact) mass is 313 g/mol. The highest BCUT2D eigenvalue weighted by molar-refractivity contribution is 5.76. The fourth-order valence-electron chi connectivity index (χ4n) is 2.66. The number of aryl methyl sites for hydroxylation is 3. The van der Waals surface area contributed by atoms with Crippen molar-refractivity contribution in [2.45, 2.75) is 46.5 Å². The van der Waals surface area contributed by atoms with Crippen molar-refractivity contribution in [3.05, 3.63) is 47.3 Å². The molecule has 0 fully saturated rings. The zero-order valence-corrected chi connectivity index (χ0v) is 14.7. The standard InChI is InChI=1S/C19H27N3O/c1-5-6-13-21(4)19(23)12-9-17-7-10-18(11-8-17)22-16(3)14-15(2)20-22/h7-8,10-11,14H,5-6,9,12-13H2,1-4H3. The maximum Gasteiger partial charge on any atom is 0.222 e. The number of amides is 1. The van der Waals surface area contributed by atoms with Gasteiger partial charge in [0, 0.05) is 25.7 Å². The van der Waals surface area contributed by atoms with Crippen LogP contribution in [0.3, 0.4) is 0 Å². The van der Waals surface area contributed by atoms with Crippen LogP contribution in [0.1, 0.15) is 43.1 Å². The Balaban J connectivity index is 1.93. The lowest BCUT2D eigenvalue weighted by molar-refractivity contribution is -0.129. The van der Waals surface area contributed by atoms with Crippen LogP contribution in [-0.2, 0) is 11.2 Å². The van der Waals surface area contributed by atoms with Crippen molar-refractivity contribution in [2.24, 2.45) is 0 Å². The van der Waals surface area contributed by atoms with Gasteiger partial charge in [-0.15, -0.1) is 0 Å². The first-order valence-electron chi connectivity index (χ1n) is 8.37. The van der Waals surface area contributed by atoms with E-state index in [1.807, 2.05) is 23.6 Å². The molecule has 0 aliphatic rings. The van der Waals surface area contributed by atoms with Crippen LogP contribution in [-0.4, -0.2) is 34.2 Å². The Hall–Kier alpha value is -2.10. The molecule has 0 saturated carbocycles. The van der Waals surface area contributed by atoms with Crippen LogP contribution in [0, 0.1) is 13.8 Å². The molecule has 0 unspecified atom stereocenters. The lowest BCUT2D eigenvalue weighted by Crippen LogP contribution is -2.27. The number of hydrogen-bond donors (Lipinski definition) is 0. The average Bonchev–Trinajstić information content (AvgIpc) is 2.89. The van der Waals surface area contributed by atoms with Crippen LogP contribution in [0.15, 0.2) is 30.3 Å². The molecule has 0 atom stereocenters. The van der Waals surface area contributed by atoms with Crippen molar-refractivity contribution in [2.75, 3.05) is 13.6 Å². The topological polar surface area (TPSA) is 38.1 Å². The van der Waals surface area contributed by atoms with Gasteiger partial charge in [0.15, 0.2) is 0 Å². The third kappa shape index (κ3) is 4.68. The first kappa shape index (κ1) is 17.3. The zero-order chi connectivity index (χ0) is 16.8. The summed E-state index contributed by atoms with van der Waals surface area (Å²) in [4.78, 5) is 13.9. The number of nitrogens with zero attached hydrogens (tertiary/aromatic N) is 3. The van der Waals surface area contributed by atoms with Gasteiger partial charge >= 0.3 is 0 Å². The molecular weight excluding hydrogens is 286 g/mol. The van der Waals surface area contributed by atoms with E-state index in [4.69, 9.17) is 0 Å². The Morgan fingerprint density at radius 3 is 2.48 bits per heavy atom. The molecule has 2 rings (SSSR count). The normalized spacial score (nSPS) is 10.8. The Morgan fingerprint density at radius 2 is 1.91 bits per heavy atom. The van der Waals surface area contributed by atoms with Gasteiger partial charge in [-0.2, -0.15) is 5.10 Å². The second-order valence-corrected chi connectivity index (χ2v) is 6.17. The van der Waals surface area contributed by atoms with Crippen molar-refractivity contribution in [1.29, 1.82) is 0 Å². The molecule has 0 N–H and O–H groups in total. The van der Waals surface area contributed by atoms with Gasteiger partial charge in [0.25, 0.3) is 0 Å². The number of carbonyl (C=O) groups excluding carboxylic acids is 1. The highest BCUT2D eigenvalue weighted by Gasteiger charge is 2.09. The van der Waals surface area contributed by atoms with Gasteiger partial charge in [0.2, 0.25) is 5.91 Å². The number of aromatic nitrogens is 2. The fraction of sp³-hybridized carbons (Fsp3) is 0.474.